The van der Waals surface area contributed by atoms with Gasteiger partial charge < -0.3 is 10.2 Å². The Kier molecular flexibility index (Phi) is 6.90. The monoisotopic (exact) mass is 370 g/mol. The molecule has 0 bridgehead atoms. The number of nitrogens with one attached hydrogen (secondary N) is 1. The lowest BCUT2D eigenvalue weighted by Gasteiger charge is -2.34. The minimum atomic E-state index is 0.413. The van der Waals surface area contributed by atoms with E-state index in [2.05, 4.69) is 76.9 Å². The third-order valence-corrected chi connectivity index (χ3v) is 6.11. The van der Waals surface area contributed by atoms with Crippen LogP contribution in [0.5, 0.6) is 0 Å². The Hall–Kier alpha value is -0.190. The molecule has 2 rings (SSSR count). The zero-order valence-corrected chi connectivity index (χ0v) is 15.8. The maximum Gasteiger partial charge on any atom is 0.0511 e. The molecule has 1 N–H and O–H groups in total. The van der Waals surface area contributed by atoms with Crippen molar-refractivity contribution in [1.82, 2.24) is 5.32 Å². The molecule has 118 valence electrons. The molecule has 2 nitrogen and oxygen atoms in total. The predicted octanol–water partition coefficient (Wildman–Crippen LogP) is 4.84. The number of thioether (sulfide) groups is 1. The Morgan fingerprint density at radius 3 is 2.90 bits per heavy atom. The Labute approximate surface area is 142 Å². The number of rotatable bonds is 6. The van der Waals surface area contributed by atoms with Crippen molar-refractivity contribution in [2.24, 2.45) is 0 Å². The Morgan fingerprint density at radius 1 is 1.43 bits per heavy atom. The number of halogens is 1. The first-order valence-corrected chi connectivity index (χ1v) is 9.89. The summed E-state index contributed by atoms with van der Waals surface area (Å²) in [4.78, 5) is 2.53. The second-order valence-corrected chi connectivity index (χ2v) is 8.00. The van der Waals surface area contributed by atoms with E-state index in [-0.39, 0.29) is 0 Å². The van der Waals surface area contributed by atoms with Crippen LogP contribution in [0.2, 0.25) is 0 Å². The number of nitrogens with zero attached hydrogens (tertiary/aromatic N) is 1. The maximum atomic E-state index is 3.78. The van der Waals surface area contributed by atoms with E-state index >= 15 is 0 Å². The van der Waals surface area contributed by atoms with Crippen molar-refractivity contribution in [2.45, 2.75) is 44.9 Å². The summed E-state index contributed by atoms with van der Waals surface area (Å²) in [5.41, 5.74) is 2.71. The lowest BCUT2D eigenvalue weighted by Crippen LogP contribution is -2.37. The van der Waals surface area contributed by atoms with Crippen LogP contribution in [0.25, 0.3) is 0 Å². The summed E-state index contributed by atoms with van der Waals surface area (Å²) < 4.78 is 1.23. The van der Waals surface area contributed by atoms with Gasteiger partial charge in [-0.2, -0.15) is 11.8 Å². The third-order valence-electron chi connectivity index (χ3n) is 4.11. The minimum Gasteiger partial charge on any atom is -0.369 e. The molecular weight excluding hydrogens is 344 g/mol. The Bertz CT molecular complexity index is 452. The highest BCUT2D eigenvalue weighted by Crippen LogP contribution is 2.33. The van der Waals surface area contributed by atoms with Gasteiger partial charge in [-0.05, 0) is 59.9 Å². The van der Waals surface area contributed by atoms with Crippen molar-refractivity contribution >= 4 is 33.4 Å². The predicted molar refractivity (Wildman–Crippen MR) is 99.6 cm³/mol. The molecule has 1 aromatic rings. The van der Waals surface area contributed by atoms with E-state index in [1.807, 2.05) is 0 Å². The average molecular weight is 371 g/mol. The van der Waals surface area contributed by atoms with Crippen LogP contribution >= 0.6 is 27.7 Å². The standard InChI is InChI=1S/C17H27BrN2S/c1-4-8-19-13(3)14-6-7-17(16(18)11-14)20-9-10-21-15(5-2)12-20/h6-7,11,13,15,19H,4-5,8-10,12H2,1-3H3. The zero-order chi connectivity index (χ0) is 15.2. The first-order chi connectivity index (χ1) is 10.2. The van der Waals surface area contributed by atoms with Gasteiger partial charge in [0.25, 0.3) is 0 Å². The van der Waals surface area contributed by atoms with Gasteiger partial charge in [-0.25, -0.2) is 0 Å². The Morgan fingerprint density at radius 2 is 2.24 bits per heavy atom. The molecule has 1 heterocycles. The van der Waals surface area contributed by atoms with E-state index in [4.69, 9.17) is 0 Å². The van der Waals surface area contributed by atoms with Gasteiger partial charge in [0.2, 0.25) is 0 Å². The van der Waals surface area contributed by atoms with Crippen molar-refractivity contribution < 1.29 is 0 Å². The molecule has 1 fully saturated rings. The van der Waals surface area contributed by atoms with Crippen molar-refractivity contribution in [3.63, 3.8) is 0 Å². The van der Waals surface area contributed by atoms with Gasteiger partial charge in [-0.3, -0.25) is 0 Å². The lowest BCUT2D eigenvalue weighted by molar-refractivity contribution is 0.570. The van der Waals surface area contributed by atoms with Gasteiger partial charge in [0, 0.05) is 34.6 Å². The largest absolute Gasteiger partial charge is 0.369 e. The van der Waals surface area contributed by atoms with E-state index in [1.165, 1.54) is 40.9 Å². The fourth-order valence-corrected chi connectivity index (χ4v) is 4.54. The van der Waals surface area contributed by atoms with E-state index in [0.29, 0.717) is 6.04 Å². The van der Waals surface area contributed by atoms with Crippen LogP contribution < -0.4 is 10.2 Å². The van der Waals surface area contributed by atoms with Crippen LogP contribution in [0.15, 0.2) is 22.7 Å². The molecule has 1 aliphatic heterocycles. The molecule has 1 saturated heterocycles. The minimum absolute atomic E-state index is 0.413. The molecule has 0 spiro atoms. The van der Waals surface area contributed by atoms with Crippen molar-refractivity contribution in [3.05, 3.63) is 28.2 Å². The number of hydrogen-bond donors (Lipinski definition) is 1. The second kappa shape index (κ2) is 8.44. The van der Waals surface area contributed by atoms with Crippen molar-refractivity contribution in [3.8, 4) is 0 Å². The molecule has 0 radical (unpaired) electrons. The SMILES string of the molecule is CCCNC(C)c1ccc(N2CCSC(CC)C2)c(Br)c1. The third kappa shape index (κ3) is 4.64. The normalized spacial score (nSPS) is 20.6. The molecule has 0 aromatic heterocycles. The summed E-state index contributed by atoms with van der Waals surface area (Å²) in [6.07, 6.45) is 2.43. The number of hydrogen-bond acceptors (Lipinski definition) is 3. The average Bonchev–Trinajstić information content (AvgIpc) is 2.52. The van der Waals surface area contributed by atoms with Crippen LogP contribution in [-0.2, 0) is 0 Å². The summed E-state index contributed by atoms with van der Waals surface area (Å²) in [7, 11) is 0. The highest BCUT2D eigenvalue weighted by atomic mass is 79.9. The highest BCUT2D eigenvalue weighted by molar-refractivity contribution is 9.10. The summed E-state index contributed by atoms with van der Waals surface area (Å²) >= 11 is 5.90. The van der Waals surface area contributed by atoms with Crippen molar-refractivity contribution in [1.29, 1.82) is 0 Å². The zero-order valence-electron chi connectivity index (χ0n) is 13.4. The van der Waals surface area contributed by atoms with Gasteiger partial charge in [0.05, 0.1) is 5.69 Å². The van der Waals surface area contributed by atoms with Crippen molar-refractivity contribution in [2.75, 3.05) is 30.3 Å². The number of anilines is 1. The topological polar surface area (TPSA) is 15.3 Å². The fourth-order valence-electron chi connectivity index (χ4n) is 2.71. The van der Waals surface area contributed by atoms with Crippen LogP contribution in [0.3, 0.4) is 0 Å². The van der Waals surface area contributed by atoms with E-state index in [9.17, 15) is 0 Å². The molecule has 21 heavy (non-hydrogen) atoms. The number of benzene rings is 1. The maximum absolute atomic E-state index is 3.78. The summed E-state index contributed by atoms with van der Waals surface area (Å²) in [5.74, 6) is 1.24. The molecule has 2 unspecified atom stereocenters. The molecule has 0 saturated carbocycles. The molecule has 0 aliphatic carbocycles. The molecular formula is C17H27BrN2S. The first-order valence-electron chi connectivity index (χ1n) is 8.05. The molecule has 1 aromatic carbocycles. The summed E-state index contributed by atoms with van der Waals surface area (Å²) in [5, 5.41) is 4.33. The first kappa shape index (κ1) is 17.2. The fraction of sp³-hybridized carbons (Fsp3) is 0.647. The van der Waals surface area contributed by atoms with Gasteiger partial charge >= 0.3 is 0 Å². The summed E-state index contributed by atoms with van der Waals surface area (Å²) in [6.45, 7) is 10.1. The van der Waals surface area contributed by atoms with E-state index < -0.39 is 0 Å². The van der Waals surface area contributed by atoms with Crippen LogP contribution in [0.1, 0.15) is 45.2 Å². The van der Waals surface area contributed by atoms with Crippen LogP contribution in [0, 0.1) is 0 Å². The Balaban J connectivity index is 2.08. The quantitative estimate of drug-likeness (QED) is 0.770. The van der Waals surface area contributed by atoms with Crippen LogP contribution in [0.4, 0.5) is 5.69 Å². The second-order valence-electron chi connectivity index (χ2n) is 5.73. The molecule has 0 amide bonds. The van der Waals surface area contributed by atoms with E-state index in [1.54, 1.807) is 0 Å². The van der Waals surface area contributed by atoms with Gasteiger partial charge in [-0.1, -0.05) is 19.9 Å². The van der Waals surface area contributed by atoms with E-state index in [0.717, 1.165) is 18.3 Å². The van der Waals surface area contributed by atoms with Gasteiger partial charge in [0.1, 0.15) is 0 Å². The summed E-state index contributed by atoms with van der Waals surface area (Å²) in [6, 6.07) is 7.25. The molecule has 2 atom stereocenters. The lowest BCUT2D eigenvalue weighted by atomic mass is 10.1. The molecule has 4 heteroatoms. The smallest absolute Gasteiger partial charge is 0.0511 e. The van der Waals surface area contributed by atoms with Crippen LogP contribution in [-0.4, -0.2) is 30.6 Å². The van der Waals surface area contributed by atoms with Gasteiger partial charge in [0.15, 0.2) is 0 Å². The van der Waals surface area contributed by atoms with Gasteiger partial charge in [-0.15, -0.1) is 0 Å². The molecule has 1 aliphatic rings. The highest BCUT2D eigenvalue weighted by Gasteiger charge is 2.21.